The molecule has 1 aliphatic rings. The Balaban J connectivity index is 1.41. The number of benzene rings is 2. The van der Waals surface area contributed by atoms with Crippen LogP contribution in [0.25, 0.3) is 10.9 Å². The summed E-state index contributed by atoms with van der Waals surface area (Å²) in [4.78, 5) is 42.8. The van der Waals surface area contributed by atoms with Crippen molar-refractivity contribution in [1.82, 2.24) is 20.8 Å². The van der Waals surface area contributed by atoms with Gasteiger partial charge in [0.1, 0.15) is 6.42 Å². The van der Waals surface area contributed by atoms with Crippen LogP contribution in [0.2, 0.25) is 0 Å². The van der Waals surface area contributed by atoms with Crippen molar-refractivity contribution in [3.63, 3.8) is 0 Å². The Bertz CT molecular complexity index is 1120. The van der Waals surface area contributed by atoms with Gasteiger partial charge < -0.3 is 10.4 Å². The molecule has 9 nitrogen and oxygen atoms in total. The van der Waals surface area contributed by atoms with Gasteiger partial charge >= 0.3 is 5.97 Å². The largest absolute Gasteiger partial charge is 0.481 e. The van der Waals surface area contributed by atoms with Gasteiger partial charge in [-0.15, -0.1) is 0 Å². The maximum atomic E-state index is 12.2. The number of amides is 2. The van der Waals surface area contributed by atoms with Gasteiger partial charge in [0.25, 0.3) is 5.91 Å². The van der Waals surface area contributed by atoms with Crippen LogP contribution in [-0.2, 0) is 22.4 Å². The van der Waals surface area contributed by atoms with Crippen LogP contribution in [-0.4, -0.2) is 38.9 Å². The van der Waals surface area contributed by atoms with E-state index in [1.807, 2.05) is 12.1 Å². The monoisotopic (exact) mass is 405 g/mol. The third-order valence-electron chi connectivity index (χ3n) is 4.85. The molecule has 1 aliphatic carbocycles. The Morgan fingerprint density at radius 1 is 1.03 bits per heavy atom. The number of hydrazine groups is 1. The van der Waals surface area contributed by atoms with Gasteiger partial charge in [-0.25, -0.2) is 9.97 Å². The first-order valence-electron chi connectivity index (χ1n) is 9.39. The van der Waals surface area contributed by atoms with Crippen molar-refractivity contribution in [2.45, 2.75) is 25.3 Å². The van der Waals surface area contributed by atoms with Gasteiger partial charge in [0.05, 0.1) is 5.52 Å². The van der Waals surface area contributed by atoms with Crippen molar-refractivity contribution in [2.75, 3.05) is 5.32 Å². The molecule has 3 aromatic rings. The van der Waals surface area contributed by atoms with E-state index in [1.54, 1.807) is 24.4 Å². The SMILES string of the molecule is O=C(O)CC(=O)NNC(=O)c1ccc2nc(NC3Cc4ccccc4C3)ncc2c1. The molecule has 0 aliphatic heterocycles. The highest BCUT2D eigenvalue weighted by Crippen LogP contribution is 2.24. The molecule has 0 saturated heterocycles. The molecule has 2 aromatic carbocycles. The van der Waals surface area contributed by atoms with Crippen molar-refractivity contribution in [2.24, 2.45) is 0 Å². The number of aromatic nitrogens is 2. The third-order valence-corrected chi connectivity index (χ3v) is 4.85. The van der Waals surface area contributed by atoms with E-state index < -0.39 is 24.2 Å². The molecule has 0 fully saturated rings. The molecule has 0 radical (unpaired) electrons. The van der Waals surface area contributed by atoms with Crippen LogP contribution in [0.3, 0.4) is 0 Å². The van der Waals surface area contributed by atoms with Gasteiger partial charge in [0.2, 0.25) is 11.9 Å². The standard InChI is InChI=1S/C21H19N5O4/c27-18(10-19(28)29)25-26-20(30)14-5-6-17-15(7-14)11-22-21(24-17)23-16-8-12-3-1-2-4-13(12)9-16/h1-7,11,16H,8-10H2,(H,25,27)(H,26,30)(H,28,29)(H,22,23,24). The number of aliphatic carboxylic acids is 1. The summed E-state index contributed by atoms with van der Waals surface area (Å²) in [6, 6.07) is 13.5. The Kier molecular flexibility index (Phi) is 5.25. The molecule has 4 N–H and O–H groups in total. The molecular weight excluding hydrogens is 386 g/mol. The molecule has 0 atom stereocenters. The number of nitrogens with one attached hydrogen (secondary N) is 3. The molecule has 0 bridgehead atoms. The van der Waals surface area contributed by atoms with Crippen LogP contribution in [0.4, 0.5) is 5.95 Å². The Hall–Kier alpha value is -4.01. The third kappa shape index (κ3) is 4.35. The summed E-state index contributed by atoms with van der Waals surface area (Å²) < 4.78 is 0. The highest BCUT2D eigenvalue weighted by atomic mass is 16.4. The fourth-order valence-electron chi connectivity index (χ4n) is 3.47. The highest BCUT2D eigenvalue weighted by Gasteiger charge is 2.21. The molecule has 1 heterocycles. The number of carbonyl (C=O) groups excluding carboxylic acids is 2. The van der Waals surface area contributed by atoms with Crippen molar-refractivity contribution in [3.05, 3.63) is 65.4 Å². The molecule has 0 unspecified atom stereocenters. The molecular formula is C21H19N5O4. The average molecular weight is 405 g/mol. The van der Waals surface area contributed by atoms with Gasteiger partial charge in [-0.2, -0.15) is 0 Å². The number of hydrogen-bond donors (Lipinski definition) is 4. The van der Waals surface area contributed by atoms with E-state index >= 15 is 0 Å². The summed E-state index contributed by atoms with van der Waals surface area (Å²) >= 11 is 0. The van der Waals surface area contributed by atoms with Gasteiger partial charge in [-0.05, 0) is 42.2 Å². The Labute approximate surface area is 171 Å². The first kappa shape index (κ1) is 19.3. The van der Waals surface area contributed by atoms with Gasteiger partial charge in [-0.3, -0.25) is 25.2 Å². The minimum atomic E-state index is -1.28. The molecule has 152 valence electrons. The normalized spacial score (nSPS) is 12.9. The van der Waals surface area contributed by atoms with Gasteiger partial charge in [0.15, 0.2) is 0 Å². The molecule has 0 saturated carbocycles. The summed E-state index contributed by atoms with van der Waals surface area (Å²) in [5.74, 6) is -2.14. The lowest BCUT2D eigenvalue weighted by Crippen LogP contribution is -2.42. The molecule has 4 rings (SSSR count). The summed E-state index contributed by atoms with van der Waals surface area (Å²) in [5.41, 5.74) is 7.87. The molecule has 9 heteroatoms. The van der Waals surface area contributed by atoms with E-state index in [4.69, 9.17) is 5.11 Å². The zero-order chi connectivity index (χ0) is 21.1. The number of rotatable bonds is 5. The van der Waals surface area contributed by atoms with E-state index in [2.05, 4.69) is 38.3 Å². The number of fused-ring (bicyclic) bond motifs is 2. The number of hydrogen-bond acceptors (Lipinski definition) is 6. The van der Waals surface area contributed by atoms with Crippen LogP contribution in [0.1, 0.15) is 27.9 Å². The van der Waals surface area contributed by atoms with Gasteiger partial charge in [-0.1, -0.05) is 24.3 Å². The van der Waals surface area contributed by atoms with E-state index in [-0.39, 0.29) is 11.6 Å². The van der Waals surface area contributed by atoms with Crippen molar-refractivity contribution >= 4 is 34.6 Å². The zero-order valence-electron chi connectivity index (χ0n) is 15.9. The predicted molar refractivity (Wildman–Crippen MR) is 109 cm³/mol. The van der Waals surface area contributed by atoms with E-state index in [9.17, 15) is 14.4 Å². The summed E-state index contributed by atoms with van der Waals surface area (Å²) in [6.07, 6.45) is 2.74. The number of carboxylic acid groups (broad SMARTS) is 1. The minimum Gasteiger partial charge on any atom is -0.481 e. The second-order valence-corrected chi connectivity index (χ2v) is 7.06. The first-order valence-corrected chi connectivity index (χ1v) is 9.39. The van der Waals surface area contributed by atoms with Gasteiger partial charge in [0, 0.05) is 23.2 Å². The van der Waals surface area contributed by atoms with E-state index in [0.29, 0.717) is 16.9 Å². The molecule has 30 heavy (non-hydrogen) atoms. The second-order valence-electron chi connectivity index (χ2n) is 7.06. The van der Waals surface area contributed by atoms with Crippen molar-refractivity contribution < 1.29 is 19.5 Å². The number of carboxylic acids is 1. The summed E-state index contributed by atoms with van der Waals surface area (Å²) in [6.45, 7) is 0. The Morgan fingerprint density at radius 2 is 1.77 bits per heavy atom. The van der Waals surface area contributed by atoms with Crippen LogP contribution in [0.15, 0.2) is 48.7 Å². The molecule has 1 aromatic heterocycles. The molecule has 2 amide bonds. The summed E-state index contributed by atoms with van der Waals surface area (Å²) in [5, 5.41) is 12.6. The molecule has 0 spiro atoms. The fourth-order valence-corrected chi connectivity index (χ4v) is 3.47. The van der Waals surface area contributed by atoms with Crippen LogP contribution >= 0.6 is 0 Å². The zero-order valence-corrected chi connectivity index (χ0v) is 15.9. The smallest absolute Gasteiger partial charge is 0.312 e. The van der Waals surface area contributed by atoms with Crippen molar-refractivity contribution in [3.8, 4) is 0 Å². The van der Waals surface area contributed by atoms with E-state index in [1.165, 1.54) is 11.1 Å². The lowest BCUT2D eigenvalue weighted by atomic mass is 10.1. The second kappa shape index (κ2) is 8.16. The fraction of sp³-hybridized carbons (Fsp3) is 0.190. The van der Waals surface area contributed by atoms with E-state index in [0.717, 1.165) is 12.8 Å². The quantitative estimate of drug-likeness (QED) is 0.373. The van der Waals surface area contributed by atoms with Crippen molar-refractivity contribution in [1.29, 1.82) is 0 Å². The maximum absolute atomic E-state index is 12.2. The first-order chi connectivity index (χ1) is 14.5. The number of anilines is 1. The minimum absolute atomic E-state index is 0.235. The van der Waals surface area contributed by atoms with Crippen LogP contribution in [0, 0.1) is 0 Å². The van der Waals surface area contributed by atoms with Crippen LogP contribution < -0.4 is 16.2 Å². The summed E-state index contributed by atoms with van der Waals surface area (Å²) in [7, 11) is 0. The number of nitrogens with zero attached hydrogens (tertiary/aromatic N) is 2. The van der Waals surface area contributed by atoms with Crippen LogP contribution in [0.5, 0.6) is 0 Å². The average Bonchev–Trinajstić information content (AvgIpc) is 3.13. The topological polar surface area (TPSA) is 133 Å². The Morgan fingerprint density at radius 3 is 2.47 bits per heavy atom. The highest BCUT2D eigenvalue weighted by molar-refractivity contribution is 6.00. The lowest BCUT2D eigenvalue weighted by molar-refractivity contribution is -0.140. The lowest BCUT2D eigenvalue weighted by Gasteiger charge is -2.12. The number of carbonyl (C=O) groups is 3. The predicted octanol–water partition coefficient (Wildman–Crippen LogP) is 1.44. The maximum Gasteiger partial charge on any atom is 0.312 e.